The topological polar surface area (TPSA) is 61.4 Å². The molecule has 0 bridgehead atoms. The van der Waals surface area contributed by atoms with Gasteiger partial charge in [-0.3, -0.25) is 9.59 Å². The van der Waals surface area contributed by atoms with Crippen molar-refractivity contribution in [1.29, 1.82) is 0 Å². The van der Waals surface area contributed by atoms with Gasteiger partial charge in [0.1, 0.15) is 11.9 Å². The van der Waals surface area contributed by atoms with Crippen molar-refractivity contribution in [1.82, 2.24) is 5.32 Å². The number of amides is 2. The first-order valence-corrected chi connectivity index (χ1v) is 8.83. The van der Waals surface area contributed by atoms with Crippen molar-refractivity contribution < 1.29 is 14.0 Å². The van der Waals surface area contributed by atoms with Crippen molar-refractivity contribution in [3.8, 4) is 0 Å². The molecule has 0 aliphatic carbocycles. The second-order valence-electron chi connectivity index (χ2n) is 6.69. The maximum absolute atomic E-state index is 14.0. The maximum atomic E-state index is 14.0. The number of hydrogen-bond acceptors (Lipinski definition) is 3. The number of para-hydroxylation sites is 1. The summed E-state index contributed by atoms with van der Waals surface area (Å²) in [5.74, 6) is -0.456. The minimum atomic E-state index is -0.387. The summed E-state index contributed by atoms with van der Waals surface area (Å²) in [4.78, 5) is 25.7. The van der Waals surface area contributed by atoms with E-state index in [0.29, 0.717) is 31.6 Å². The summed E-state index contributed by atoms with van der Waals surface area (Å²) in [6.45, 7) is 0.988. The fraction of sp³-hybridized carbons (Fsp3) is 0.300. The molecule has 0 saturated carbocycles. The van der Waals surface area contributed by atoms with Gasteiger partial charge in [0.05, 0.1) is 5.69 Å². The SMILES string of the molecule is O=C1CCc2ccc(NC3CCN(c4ccccc4F)C3=O)cc2CN1. The number of carbonyl (C=O) groups is 2. The summed E-state index contributed by atoms with van der Waals surface area (Å²) >= 11 is 0. The van der Waals surface area contributed by atoms with Crippen LogP contribution in [0.15, 0.2) is 42.5 Å². The smallest absolute Gasteiger partial charge is 0.249 e. The van der Waals surface area contributed by atoms with E-state index in [-0.39, 0.29) is 23.7 Å². The molecule has 2 aliphatic heterocycles. The summed E-state index contributed by atoms with van der Waals surface area (Å²) in [6.07, 6.45) is 1.84. The number of fused-ring (bicyclic) bond motifs is 1. The molecule has 4 rings (SSSR count). The van der Waals surface area contributed by atoms with Crippen LogP contribution in [-0.4, -0.2) is 24.4 Å². The first kappa shape index (κ1) is 16.6. The Morgan fingerprint density at radius 1 is 1.08 bits per heavy atom. The van der Waals surface area contributed by atoms with Gasteiger partial charge in [0.25, 0.3) is 0 Å². The molecule has 1 unspecified atom stereocenters. The van der Waals surface area contributed by atoms with Crippen molar-refractivity contribution in [2.24, 2.45) is 0 Å². The lowest BCUT2D eigenvalue weighted by Crippen LogP contribution is -2.33. The summed E-state index contributed by atoms with van der Waals surface area (Å²) in [6, 6.07) is 11.9. The van der Waals surface area contributed by atoms with Gasteiger partial charge in [-0.1, -0.05) is 18.2 Å². The molecule has 5 nitrogen and oxygen atoms in total. The van der Waals surface area contributed by atoms with Gasteiger partial charge >= 0.3 is 0 Å². The van der Waals surface area contributed by atoms with Crippen LogP contribution in [0.25, 0.3) is 0 Å². The second kappa shape index (κ2) is 6.78. The second-order valence-corrected chi connectivity index (χ2v) is 6.69. The normalized spacial score (nSPS) is 19.7. The molecule has 2 aromatic carbocycles. The van der Waals surface area contributed by atoms with Crippen LogP contribution in [0.4, 0.5) is 15.8 Å². The van der Waals surface area contributed by atoms with E-state index in [9.17, 15) is 14.0 Å². The van der Waals surface area contributed by atoms with Crippen molar-refractivity contribution in [2.45, 2.75) is 31.8 Å². The molecule has 2 aromatic rings. The van der Waals surface area contributed by atoms with Crippen LogP contribution in [0, 0.1) is 5.82 Å². The molecule has 1 saturated heterocycles. The number of aryl methyl sites for hydroxylation is 1. The number of nitrogens with one attached hydrogen (secondary N) is 2. The van der Waals surface area contributed by atoms with Gasteiger partial charge in [0, 0.05) is 25.2 Å². The number of halogens is 1. The van der Waals surface area contributed by atoms with Crippen molar-refractivity contribution >= 4 is 23.2 Å². The third kappa shape index (κ3) is 3.14. The van der Waals surface area contributed by atoms with Crippen LogP contribution in [0.3, 0.4) is 0 Å². The van der Waals surface area contributed by atoms with Crippen LogP contribution in [0.5, 0.6) is 0 Å². The molecule has 0 radical (unpaired) electrons. The molecular formula is C20H20FN3O2. The zero-order valence-corrected chi connectivity index (χ0v) is 14.3. The highest BCUT2D eigenvalue weighted by molar-refractivity contribution is 6.01. The molecule has 2 heterocycles. The highest BCUT2D eigenvalue weighted by atomic mass is 19.1. The Morgan fingerprint density at radius 2 is 1.92 bits per heavy atom. The number of rotatable bonds is 3. The summed E-state index contributed by atoms with van der Waals surface area (Å²) < 4.78 is 14.0. The minimum Gasteiger partial charge on any atom is -0.374 e. The largest absolute Gasteiger partial charge is 0.374 e. The van der Waals surface area contributed by atoms with E-state index >= 15 is 0 Å². The number of nitrogens with zero attached hydrogens (tertiary/aromatic N) is 1. The van der Waals surface area contributed by atoms with E-state index in [2.05, 4.69) is 10.6 Å². The molecule has 2 aliphatic rings. The Labute approximate surface area is 151 Å². The van der Waals surface area contributed by atoms with E-state index in [1.54, 1.807) is 18.2 Å². The standard InChI is InChI=1S/C20H20FN3O2/c21-16-3-1-2-4-18(16)24-10-9-17(20(24)26)23-15-7-5-13-6-8-19(25)22-12-14(13)11-15/h1-5,7,11,17,23H,6,8-10,12H2,(H,22,25). The van der Waals surface area contributed by atoms with Crippen molar-refractivity contribution in [3.05, 3.63) is 59.4 Å². The predicted octanol–water partition coefficient (Wildman–Crippen LogP) is 2.61. The number of benzene rings is 2. The Balaban J connectivity index is 1.49. The molecule has 0 spiro atoms. The average Bonchev–Trinajstić information content (AvgIpc) is 2.88. The molecular weight excluding hydrogens is 333 g/mol. The van der Waals surface area contributed by atoms with Gasteiger partial charge in [-0.25, -0.2) is 4.39 Å². The first-order valence-electron chi connectivity index (χ1n) is 8.83. The number of hydrogen-bond donors (Lipinski definition) is 2. The van der Waals surface area contributed by atoms with Crippen LogP contribution in [0.1, 0.15) is 24.0 Å². The Bertz CT molecular complexity index is 868. The van der Waals surface area contributed by atoms with E-state index in [0.717, 1.165) is 23.2 Å². The summed E-state index contributed by atoms with van der Waals surface area (Å²) in [5, 5.41) is 6.15. The molecule has 26 heavy (non-hydrogen) atoms. The van der Waals surface area contributed by atoms with Crippen LogP contribution in [-0.2, 0) is 22.6 Å². The third-order valence-corrected chi connectivity index (χ3v) is 4.99. The van der Waals surface area contributed by atoms with E-state index < -0.39 is 0 Å². The highest BCUT2D eigenvalue weighted by Gasteiger charge is 2.33. The van der Waals surface area contributed by atoms with Gasteiger partial charge in [-0.15, -0.1) is 0 Å². The first-order chi connectivity index (χ1) is 12.6. The molecule has 6 heteroatoms. The lowest BCUT2D eigenvalue weighted by atomic mass is 10.0. The monoisotopic (exact) mass is 353 g/mol. The Kier molecular flexibility index (Phi) is 4.32. The fourth-order valence-corrected chi connectivity index (χ4v) is 3.58. The van der Waals surface area contributed by atoms with Gasteiger partial charge in [0.15, 0.2) is 0 Å². The van der Waals surface area contributed by atoms with Crippen LogP contribution < -0.4 is 15.5 Å². The number of carbonyl (C=O) groups excluding carboxylic acids is 2. The molecule has 2 amide bonds. The molecule has 1 fully saturated rings. The molecule has 2 N–H and O–H groups in total. The Morgan fingerprint density at radius 3 is 2.77 bits per heavy atom. The maximum Gasteiger partial charge on any atom is 0.249 e. The summed E-state index contributed by atoms with van der Waals surface area (Å²) in [5.41, 5.74) is 3.39. The number of anilines is 2. The molecule has 1 atom stereocenters. The fourth-order valence-electron chi connectivity index (χ4n) is 3.58. The zero-order valence-electron chi connectivity index (χ0n) is 14.3. The quantitative estimate of drug-likeness (QED) is 0.892. The molecule has 0 aromatic heterocycles. The van der Waals surface area contributed by atoms with Crippen LogP contribution in [0.2, 0.25) is 0 Å². The van der Waals surface area contributed by atoms with E-state index in [1.807, 2.05) is 18.2 Å². The van der Waals surface area contributed by atoms with Crippen LogP contribution >= 0.6 is 0 Å². The lowest BCUT2D eigenvalue weighted by molar-refractivity contribution is -0.121. The predicted molar refractivity (Wildman–Crippen MR) is 97.4 cm³/mol. The van der Waals surface area contributed by atoms with E-state index in [1.165, 1.54) is 11.0 Å². The van der Waals surface area contributed by atoms with Crippen molar-refractivity contribution in [3.63, 3.8) is 0 Å². The average molecular weight is 353 g/mol. The highest BCUT2D eigenvalue weighted by Crippen LogP contribution is 2.27. The minimum absolute atomic E-state index is 0.0576. The van der Waals surface area contributed by atoms with Gasteiger partial charge in [-0.05, 0) is 48.2 Å². The lowest BCUT2D eigenvalue weighted by Gasteiger charge is -2.19. The van der Waals surface area contributed by atoms with E-state index in [4.69, 9.17) is 0 Å². The van der Waals surface area contributed by atoms with Gasteiger partial charge < -0.3 is 15.5 Å². The van der Waals surface area contributed by atoms with Gasteiger partial charge in [0.2, 0.25) is 11.8 Å². The molecule has 134 valence electrons. The summed E-state index contributed by atoms with van der Waals surface area (Å²) in [7, 11) is 0. The zero-order chi connectivity index (χ0) is 18.1. The Hall–Kier alpha value is -2.89. The van der Waals surface area contributed by atoms with Crippen molar-refractivity contribution in [2.75, 3.05) is 16.8 Å². The van der Waals surface area contributed by atoms with Gasteiger partial charge in [-0.2, -0.15) is 0 Å². The third-order valence-electron chi connectivity index (χ3n) is 4.99.